The molecule has 0 radical (unpaired) electrons. The highest BCUT2D eigenvalue weighted by Crippen LogP contribution is 2.07. The second-order valence-electron chi connectivity index (χ2n) is 5.76. The predicted molar refractivity (Wildman–Crippen MR) is 86.1 cm³/mol. The van der Waals surface area contributed by atoms with Crippen LogP contribution in [0.5, 0.6) is 0 Å². The van der Waals surface area contributed by atoms with E-state index < -0.39 is 18.1 Å². The third-order valence-electron chi connectivity index (χ3n) is 3.36. The van der Waals surface area contributed by atoms with Crippen LogP contribution >= 0.6 is 0 Å². The molecule has 0 aliphatic carbocycles. The molecule has 1 unspecified atom stereocenters. The van der Waals surface area contributed by atoms with Crippen LogP contribution in [0.15, 0.2) is 30.3 Å². The molecule has 0 aromatic heterocycles. The molecular formula is C17H25NO5. The van der Waals surface area contributed by atoms with E-state index in [9.17, 15) is 14.7 Å². The average molecular weight is 323 g/mol. The van der Waals surface area contributed by atoms with Crippen molar-refractivity contribution in [1.29, 1.82) is 0 Å². The minimum Gasteiger partial charge on any atom is -0.480 e. The zero-order valence-electron chi connectivity index (χ0n) is 13.9. The van der Waals surface area contributed by atoms with Gasteiger partial charge in [-0.05, 0) is 17.9 Å². The number of carbonyl (C=O) groups excluding carboxylic acids is 1. The lowest BCUT2D eigenvalue weighted by Crippen LogP contribution is -2.45. The second kappa shape index (κ2) is 9.84. The van der Waals surface area contributed by atoms with E-state index in [1.165, 1.54) is 7.05 Å². The monoisotopic (exact) mass is 323 g/mol. The normalized spacial score (nSPS) is 12.0. The van der Waals surface area contributed by atoms with Gasteiger partial charge in [-0.1, -0.05) is 44.2 Å². The Morgan fingerprint density at radius 3 is 2.43 bits per heavy atom. The van der Waals surface area contributed by atoms with Crippen molar-refractivity contribution in [2.75, 3.05) is 20.3 Å². The standard InChI is InChI=1S/C17H25NO5/c1-13(2)9-10-22-12-15(16(19)20)18(3)17(21)23-11-14-7-5-4-6-8-14/h4-8,13,15H,9-12H2,1-3H3,(H,19,20). The minimum absolute atomic E-state index is 0.0566. The Kier molecular flexibility index (Phi) is 8.11. The molecule has 0 aliphatic rings. The summed E-state index contributed by atoms with van der Waals surface area (Å²) in [5.74, 6) is -0.638. The van der Waals surface area contributed by atoms with Gasteiger partial charge in [0.25, 0.3) is 0 Å². The van der Waals surface area contributed by atoms with Gasteiger partial charge in [0, 0.05) is 13.7 Å². The van der Waals surface area contributed by atoms with Gasteiger partial charge >= 0.3 is 12.1 Å². The first kappa shape index (κ1) is 19.0. The molecule has 128 valence electrons. The average Bonchev–Trinajstić information content (AvgIpc) is 2.52. The summed E-state index contributed by atoms with van der Waals surface area (Å²) in [5, 5.41) is 9.26. The van der Waals surface area contributed by atoms with E-state index in [0.717, 1.165) is 16.9 Å². The van der Waals surface area contributed by atoms with E-state index in [0.29, 0.717) is 12.5 Å². The molecular weight excluding hydrogens is 298 g/mol. The molecule has 1 aromatic carbocycles. The van der Waals surface area contributed by atoms with Crippen molar-refractivity contribution >= 4 is 12.1 Å². The maximum atomic E-state index is 12.0. The molecule has 1 N–H and O–H groups in total. The summed E-state index contributed by atoms with van der Waals surface area (Å²) < 4.78 is 10.5. The van der Waals surface area contributed by atoms with E-state index in [1.807, 2.05) is 30.3 Å². The molecule has 6 nitrogen and oxygen atoms in total. The SMILES string of the molecule is CC(C)CCOCC(C(=O)O)N(C)C(=O)OCc1ccccc1. The van der Waals surface area contributed by atoms with E-state index >= 15 is 0 Å². The van der Waals surface area contributed by atoms with Gasteiger partial charge in [-0.15, -0.1) is 0 Å². The number of ether oxygens (including phenoxy) is 2. The summed E-state index contributed by atoms with van der Waals surface area (Å²) >= 11 is 0. The molecule has 0 saturated heterocycles. The van der Waals surface area contributed by atoms with Crippen LogP contribution in [0.3, 0.4) is 0 Å². The number of rotatable bonds is 9. The number of amides is 1. The third-order valence-corrected chi connectivity index (χ3v) is 3.36. The number of nitrogens with zero attached hydrogens (tertiary/aromatic N) is 1. The van der Waals surface area contributed by atoms with Crippen LogP contribution in [0.4, 0.5) is 4.79 Å². The van der Waals surface area contributed by atoms with Gasteiger partial charge in [0.15, 0.2) is 6.04 Å². The van der Waals surface area contributed by atoms with Crippen LogP contribution < -0.4 is 0 Å². The number of carboxylic acids is 1. The molecule has 1 rings (SSSR count). The maximum absolute atomic E-state index is 12.0. The van der Waals surface area contributed by atoms with E-state index in [4.69, 9.17) is 9.47 Å². The number of hydrogen-bond donors (Lipinski definition) is 1. The fourth-order valence-electron chi connectivity index (χ4n) is 1.81. The van der Waals surface area contributed by atoms with Crippen molar-refractivity contribution in [3.63, 3.8) is 0 Å². The highest BCUT2D eigenvalue weighted by atomic mass is 16.6. The number of hydrogen-bond acceptors (Lipinski definition) is 4. The van der Waals surface area contributed by atoms with Gasteiger partial charge in [0.1, 0.15) is 6.61 Å². The highest BCUT2D eigenvalue weighted by Gasteiger charge is 2.27. The zero-order valence-corrected chi connectivity index (χ0v) is 13.9. The van der Waals surface area contributed by atoms with E-state index in [2.05, 4.69) is 13.8 Å². The van der Waals surface area contributed by atoms with Gasteiger partial charge in [0.05, 0.1) is 6.61 Å². The lowest BCUT2D eigenvalue weighted by molar-refractivity contribution is -0.144. The second-order valence-corrected chi connectivity index (χ2v) is 5.76. The molecule has 6 heteroatoms. The first-order valence-corrected chi connectivity index (χ1v) is 7.66. The van der Waals surface area contributed by atoms with Crippen LogP contribution in [0.1, 0.15) is 25.8 Å². The van der Waals surface area contributed by atoms with Gasteiger partial charge < -0.3 is 14.6 Å². The predicted octanol–water partition coefficient (Wildman–Crippen LogP) is 2.77. The number of aliphatic carboxylic acids is 1. The Balaban J connectivity index is 2.47. The summed E-state index contributed by atoms with van der Waals surface area (Å²) in [7, 11) is 1.40. The van der Waals surface area contributed by atoms with Gasteiger partial charge in [-0.2, -0.15) is 0 Å². The Bertz CT molecular complexity index is 489. The first-order chi connectivity index (χ1) is 10.9. The molecule has 0 bridgehead atoms. The minimum atomic E-state index is -1.12. The van der Waals surface area contributed by atoms with Gasteiger partial charge in [-0.3, -0.25) is 4.90 Å². The third kappa shape index (κ3) is 7.15. The number of carbonyl (C=O) groups is 2. The first-order valence-electron chi connectivity index (χ1n) is 7.66. The van der Waals surface area contributed by atoms with Crippen LogP contribution in [-0.4, -0.2) is 48.4 Å². The van der Waals surface area contributed by atoms with Crippen molar-refractivity contribution < 1.29 is 24.2 Å². The fourth-order valence-corrected chi connectivity index (χ4v) is 1.81. The molecule has 0 spiro atoms. The maximum Gasteiger partial charge on any atom is 0.410 e. The summed E-state index contributed by atoms with van der Waals surface area (Å²) in [6, 6.07) is 8.15. The Labute approximate surface area is 137 Å². The summed E-state index contributed by atoms with van der Waals surface area (Å²) in [4.78, 5) is 24.4. The number of benzene rings is 1. The molecule has 1 amide bonds. The molecule has 0 saturated carbocycles. The van der Waals surface area contributed by atoms with Crippen LogP contribution in [0, 0.1) is 5.92 Å². The van der Waals surface area contributed by atoms with Crippen molar-refractivity contribution in [2.24, 2.45) is 5.92 Å². The molecule has 23 heavy (non-hydrogen) atoms. The lowest BCUT2D eigenvalue weighted by Gasteiger charge is -2.24. The Morgan fingerprint density at radius 1 is 1.22 bits per heavy atom. The van der Waals surface area contributed by atoms with Crippen molar-refractivity contribution in [3.8, 4) is 0 Å². The quantitative estimate of drug-likeness (QED) is 0.707. The zero-order chi connectivity index (χ0) is 17.2. The van der Waals surface area contributed by atoms with E-state index in [1.54, 1.807) is 0 Å². The highest BCUT2D eigenvalue weighted by molar-refractivity contribution is 5.80. The molecule has 1 aromatic rings. The van der Waals surface area contributed by atoms with Crippen molar-refractivity contribution in [1.82, 2.24) is 4.90 Å². The Hall–Kier alpha value is -2.08. The van der Waals surface area contributed by atoms with Gasteiger partial charge in [0.2, 0.25) is 0 Å². The topological polar surface area (TPSA) is 76.1 Å². The molecule has 1 atom stereocenters. The number of likely N-dealkylation sites (N-methyl/N-ethyl adjacent to an activating group) is 1. The molecule has 0 fully saturated rings. The molecule has 0 heterocycles. The fraction of sp³-hybridized carbons (Fsp3) is 0.529. The number of carboxylic acid groups (broad SMARTS) is 1. The lowest BCUT2D eigenvalue weighted by atomic mass is 10.1. The largest absolute Gasteiger partial charge is 0.480 e. The van der Waals surface area contributed by atoms with Crippen molar-refractivity contribution in [3.05, 3.63) is 35.9 Å². The van der Waals surface area contributed by atoms with E-state index in [-0.39, 0.29) is 13.2 Å². The van der Waals surface area contributed by atoms with Crippen LogP contribution in [0.2, 0.25) is 0 Å². The summed E-state index contributed by atoms with van der Waals surface area (Å²) in [6.45, 7) is 4.63. The van der Waals surface area contributed by atoms with Crippen LogP contribution in [-0.2, 0) is 20.9 Å². The van der Waals surface area contributed by atoms with Crippen molar-refractivity contribution in [2.45, 2.75) is 32.9 Å². The molecule has 0 aliphatic heterocycles. The summed E-state index contributed by atoms with van der Waals surface area (Å²) in [6.07, 6.45) is 0.155. The Morgan fingerprint density at radius 2 is 1.87 bits per heavy atom. The summed E-state index contributed by atoms with van der Waals surface area (Å²) in [5.41, 5.74) is 0.842. The van der Waals surface area contributed by atoms with Crippen LogP contribution in [0.25, 0.3) is 0 Å². The smallest absolute Gasteiger partial charge is 0.410 e. The van der Waals surface area contributed by atoms with Gasteiger partial charge in [-0.25, -0.2) is 9.59 Å².